The third kappa shape index (κ3) is 15.8. The number of benzene rings is 4. The van der Waals surface area contributed by atoms with Gasteiger partial charge in [0.25, 0.3) is 0 Å². The van der Waals surface area contributed by atoms with Crippen molar-refractivity contribution in [3.8, 4) is 22.5 Å². The molecule has 0 amide bonds. The molecule has 0 saturated heterocycles. The van der Waals surface area contributed by atoms with E-state index in [-0.39, 0.29) is 63.3 Å². The van der Waals surface area contributed by atoms with Crippen LogP contribution in [0.4, 0.5) is 0 Å². The molecule has 8 heteroatoms. The molecule has 0 fully saturated rings. The Morgan fingerprint density at radius 2 is 0.846 bits per heavy atom. The molecule has 0 unspecified atom stereocenters. The van der Waals surface area contributed by atoms with Crippen molar-refractivity contribution < 1.29 is 60.0 Å². The summed E-state index contributed by atoms with van der Waals surface area (Å²) >= 11 is 0. The van der Waals surface area contributed by atoms with Gasteiger partial charge < -0.3 is 10.2 Å². The Hall–Kier alpha value is -4.58. The summed E-state index contributed by atoms with van der Waals surface area (Å²) < 4.78 is 0. The van der Waals surface area contributed by atoms with Gasteiger partial charge in [-0.2, -0.15) is 0 Å². The molecule has 0 aliphatic rings. The van der Waals surface area contributed by atoms with E-state index in [0.29, 0.717) is 0 Å². The number of aromatic nitrogens is 2. The molecule has 6 rings (SSSR count). The number of hydrogen-bond donors (Lipinski definition) is 2. The van der Waals surface area contributed by atoms with Crippen LogP contribution in [0.5, 0.6) is 0 Å². The summed E-state index contributed by atoms with van der Waals surface area (Å²) in [6.07, 6.45) is 2.33. The number of aryl methyl sites for hydroxylation is 4. The number of rotatable bonds is 4. The monoisotopic (exact) mass is 1050 g/mol. The molecule has 0 spiro atoms. The zero-order chi connectivity index (χ0) is 36.8. The van der Waals surface area contributed by atoms with Crippen LogP contribution in [-0.2, 0) is 49.8 Å². The first-order valence-corrected chi connectivity index (χ1v) is 16.2. The predicted octanol–water partition coefficient (Wildman–Crippen LogP) is 10.7. The van der Waals surface area contributed by atoms with E-state index >= 15 is 0 Å². The Labute approximate surface area is 334 Å². The molecule has 4 aromatic carbocycles. The number of carbonyl (C=O) groups excluding carboxylic acids is 2. The number of nitrogens with zero attached hydrogens (tertiary/aromatic N) is 2. The second kappa shape index (κ2) is 22.4. The maximum absolute atomic E-state index is 10.0. The Balaban J connectivity index is 0.000000375. The number of hydrogen-bond acceptors (Lipinski definition) is 6. The van der Waals surface area contributed by atoms with Crippen molar-refractivity contribution in [1.29, 1.82) is 0 Å². The Bertz CT molecular complexity index is 2010. The molecule has 274 valence electrons. The van der Waals surface area contributed by atoms with E-state index in [0.717, 1.165) is 33.5 Å². The standard InChI is InChI=1S/2C17H14N.2C5H8O2.2Ir/c2*1-12-4-3-5-15(10-12)16-9-8-14-7-6-13(2)11-17(14)18-16;2*1-4(6)3-5(2)7;;/h2*3-4,6-11H,1-2H3;2*3,6H,1-2H3;;/q2*-1;;;;. The molecule has 2 N–H and O–H groups in total. The summed E-state index contributed by atoms with van der Waals surface area (Å²) in [7, 11) is 0. The molecule has 0 aliphatic heterocycles. The van der Waals surface area contributed by atoms with Crippen LogP contribution in [0.25, 0.3) is 44.3 Å². The average Bonchev–Trinajstić information content (AvgIpc) is 3.03. The van der Waals surface area contributed by atoms with E-state index in [1.807, 2.05) is 12.1 Å². The van der Waals surface area contributed by atoms with Crippen molar-refractivity contribution in [2.75, 3.05) is 0 Å². The van der Waals surface area contributed by atoms with Gasteiger partial charge >= 0.3 is 0 Å². The van der Waals surface area contributed by atoms with Crippen LogP contribution in [0, 0.1) is 39.8 Å². The van der Waals surface area contributed by atoms with E-state index in [2.05, 4.69) is 125 Å². The Morgan fingerprint density at radius 3 is 1.13 bits per heavy atom. The first-order chi connectivity index (χ1) is 23.7. The first-order valence-electron chi connectivity index (χ1n) is 16.2. The van der Waals surface area contributed by atoms with Crippen LogP contribution in [0.1, 0.15) is 49.9 Å². The molecule has 0 saturated carbocycles. The molecule has 6 aromatic rings. The number of aliphatic hydroxyl groups excluding tert-OH is 2. The average molecular weight is 1050 g/mol. The van der Waals surface area contributed by atoms with Gasteiger partial charge in [-0.25, -0.2) is 0 Å². The predicted molar refractivity (Wildman–Crippen MR) is 205 cm³/mol. The molecule has 6 nitrogen and oxygen atoms in total. The Morgan fingerprint density at radius 1 is 0.519 bits per heavy atom. The normalized spacial score (nSPS) is 10.5. The third-order valence-corrected chi connectivity index (χ3v) is 6.99. The zero-order valence-corrected chi connectivity index (χ0v) is 35.5. The fourth-order valence-corrected chi connectivity index (χ4v) is 4.80. The smallest absolute Gasteiger partial charge is 0.155 e. The van der Waals surface area contributed by atoms with Crippen LogP contribution in [0.2, 0.25) is 0 Å². The minimum atomic E-state index is -0.125. The molecule has 2 radical (unpaired) electrons. The van der Waals surface area contributed by atoms with Gasteiger partial charge in [0.1, 0.15) is 0 Å². The van der Waals surface area contributed by atoms with E-state index in [1.54, 1.807) is 0 Å². The van der Waals surface area contributed by atoms with Crippen LogP contribution < -0.4 is 0 Å². The van der Waals surface area contributed by atoms with Crippen LogP contribution in [0.3, 0.4) is 0 Å². The molecule has 2 aromatic heterocycles. The van der Waals surface area contributed by atoms with Gasteiger partial charge in [-0.15, -0.1) is 70.8 Å². The van der Waals surface area contributed by atoms with Crippen molar-refractivity contribution in [2.45, 2.75) is 55.4 Å². The molecular weight excluding hydrogens is 1000 g/mol. The zero-order valence-electron chi connectivity index (χ0n) is 30.7. The first kappa shape index (κ1) is 45.4. The van der Waals surface area contributed by atoms with Crippen LogP contribution in [0.15, 0.2) is 121 Å². The van der Waals surface area contributed by atoms with E-state index in [9.17, 15) is 9.59 Å². The summed E-state index contributed by atoms with van der Waals surface area (Å²) in [4.78, 5) is 29.5. The largest absolute Gasteiger partial charge is 0.512 e. The summed E-state index contributed by atoms with van der Waals surface area (Å²) in [6, 6.07) is 39.8. The van der Waals surface area contributed by atoms with Crippen molar-refractivity contribution in [2.24, 2.45) is 0 Å². The van der Waals surface area contributed by atoms with E-state index in [1.165, 1.54) is 72.9 Å². The maximum Gasteiger partial charge on any atom is 0.155 e. The molecule has 0 atom stereocenters. The molecule has 0 bridgehead atoms. The van der Waals surface area contributed by atoms with Gasteiger partial charge in [-0.05, 0) is 87.0 Å². The molecular formula is C44H44Ir2N2O4-2. The van der Waals surface area contributed by atoms with Gasteiger partial charge in [0.2, 0.25) is 0 Å². The summed E-state index contributed by atoms with van der Waals surface area (Å²) in [5, 5.41) is 19.1. The molecule has 2 heterocycles. The van der Waals surface area contributed by atoms with Crippen molar-refractivity contribution in [3.63, 3.8) is 0 Å². The topological polar surface area (TPSA) is 100 Å². The van der Waals surface area contributed by atoms with E-state index < -0.39 is 0 Å². The van der Waals surface area contributed by atoms with Crippen molar-refractivity contribution in [1.82, 2.24) is 9.97 Å². The minimum absolute atomic E-state index is 0. The number of ketones is 2. The van der Waals surface area contributed by atoms with E-state index in [4.69, 9.17) is 20.2 Å². The maximum atomic E-state index is 10.0. The summed E-state index contributed by atoms with van der Waals surface area (Å²) in [5.41, 5.74) is 11.1. The van der Waals surface area contributed by atoms with Gasteiger partial charge in [-0.3, -0.25) is 19.6 Å². The van der Waals surface area contributed by atoms with Crippen LogP contribution in [-0.4, -0.2) is 31.7 Å². The van der Waals surface area contributed by atoms with Gasteiger partial charge in [0, 0.05) is 52.4 Å². The SMILES string of the molecule is CC(=O)C=C(C)O.CC(=O)C=C(C)O.Cc1cc[c-]c(-c2ccc3ccc(C)cc3n2)c1.Cc1cc[c-]c(-c2ccc3ccc(C)cc3n2)c1.[Ir].[Ir]. The van der Waals surface area contributed by atoms with Crippen LogP contribution >= 0.6 is 0 Å². The number of carbonyl (C=O) groups is 2. The summed E-state index contributed by atoms with van der Waals surface area (Å²) in [5.74, 6) is -0.125. The van der Waals surface area contributed by atoms with Gasteiger partial charge in [0.05, 0.1) is 22.6 Å². The number of aliphatic hydroxyl groups is 2. The fourth-order valence-electron chi connectivity index (χ4n) is 4.80. The summed E-state index contributed by atoms with van der Waals surface area (Å²) in [6.45, 7) is 14.0. The second-order valence-electron chi connectivity index (χ2n) is 12.1. The molecule has 0 aliphatic carbocycles. The molecule has 52 heavy (non-hydrogen) atoms. The Kier molecular flexibility index (Phi) is 19.6. The number of pyridine rings is 2. The third-order valence-electron chi connectivity index (χ3n) is 6.99. The second-order valence-corrected chi connectivity index (χ2v) is 12.1. The van der Waals surface area contributed by atoms with Crippen molar-refractivity contribution >= 4 is 33.4 Å². The van der Waals surface area contributed by atoms with Gasteiger partial charge in [-0.1, -0.05) is 62.4 Å². The fraction of sp³-hybridized carbons (Fsp3) is 0.182. The number of fused-ring (bicyclic) bond motifs is 2. The van der Waals surface area contributed by atoms with Crippen molar-refractivity contribution in [3.05, 3.63) is 155 Å². The van der Waals surface area contributed by atoms with Gasteiger partial charge in [0.15, 0.2) is 11.6 Å². The quantitative estimate of drug-likeness (QED) is 0.104. The number of allylic oxidation sites excluding steroid dienone is 4. The minimum Gasteiger partial charge on any atom is -0.512 e.